The average Bonchev–Trinajstić information content (AvgIpc) is 3.48. The summed E-state index contributed by atoms with van der Waals surface area (Å²) in [7, 11) is 0. The van der Waals surface area contributed by atoms with E-state index in [1.54, 1.807) is 13.8 Å². The van der Waals surface area contributed by atoms with Crippen molar-refractivity contribution in [2.24, 2.45) is 16.7 Å². The minimum Gasteiger partial charge on any atom is -0.465 e. The van der Waals surface area contributed by atoms with Crippen LogP contribution in [0, 0.1) is 16.7 Å². The highest BCUT2D eigenvalue weighted by Crippen LogP contribution is 2.72. The Morgan fingerprint density at radius 1 is 1.22 bits per heavy atom. The van der Waals surface area contributed by atoms with Crippen LogP contribution in [0.15, 0.2) is 11.6 Å². The van der Waals surface area contributed by atoms with E-state index in [0.29, 0.717) is 6.61 Å². The van der Waals surface area contributed by atoms with Gasteiger partial charge in [0.25, 0.3) is 0 Å². The van der Waals surface area contributed by atoms with Gasteiger partial charge in [-0.25, -0.2) is 0 Å². The summed E-state index contributed by atoms with van der Waals surface area (Å²) >= 11 is 0. The van der Waals surface area contributed by atoms with Crippen LogP contribution in [0.3, 0.4) is 0 Å². The molecule has 0 aromatic carbocycles. The molecule has 0 aromatic heterocycles. The van der Waals surface area contributed by atoms with Crippen molar-refractivity contribution in [2.75, 3.05) is 13.2 Å². The van der Waals surface area contributed by atoms with E-state index in [2.05, 4.69) is 0 Å². The summed E-state index contributed by atoms with van der Waals surface area (Å²) in [5.41, 5.74) is -2.01. The molecule has 2 bridgehead atoms. The van der Waals surface area contributed by atoms with E-state index in [1.165, 1.54) is 13.8 Å². The summed E-state index contributed by atoms with van der Waals surface area (Å²) in [4.78, 5) is 36.3. The van der Waals surface area contributed by atoms with Crippen LogP contribution in [-0.2, 0) is 38.1 Å². The van der Waals surface area contributed by atoms with E-state index in [9.17, 15) is 19.5 Å². The lowest BCUT2D eigenvalue weighted by Gasteiger charge is -2.58. The first-order valence-electron chi connectivity index (χ1n) is 11.1. The second-order valence-electron chi connectivity index (χ2n) is 10.0. The molecular formula is C23H32O9. The van der Waals surface area contributed by atoms with Crippen LogP contribution in [0.4, 0.5) is 0 Å². The molecule has 9 nitrogen and oxygen atoms in total. The third kappa shape index (κ3) is 3.04. The number of aliphatic hydroxyl groups excluding tert-OH is 1. The van der Waals surface area contributed by atoms with Crippen LogP contribution < -0.4 is 0 Å². The van der Waals surface area contributed by atoms with Crippen LogP contribution >= 0.6 is 0 Å². The molecule has 1 N–H and O–H groups in total. The third-order valence-corrected chi connectivity index (χ3v) is 7.88. The van der Waals surface area contributed by atoms with Gasteiger partial charge >= 0.3 is 17.9 Å². The van der Waals surface area contributed by atoms with Gasteiger partial charge in [-0.2, -0.15) is 0 Å². The summed E-state index contributed by atoms with van der Waals surface area (Å²) in [6, 6.07) is 0. The summed E-state index contributed by atoms with van der Waals surface area (Å²) in [6.07, 6.45) is -1.76. The topological polar surface area (TPSA) is 121 Å². The van der Waals surface area contributed by atoms with E-state index >= 15 is 0 Å². The van der Waals surface area contributed by atoms with Crippen molar-refractivity contribution < 1.29 is 43.2 Å². The van der Waals surface area contributed by atoms with Crippen molar-refractivity contribution >= 4 is 17.9 Å². The number of carbonyl (C=O) groups excluding carboxylic acids is 3. The fourth-order valence-corrected chi connectivity index (χ4v) is 6.00. The summed E-state index contributed by atoms with van der Waals surface area (Å²) in [5, 5.41) is 11.1. The Labute approximate surface area is 187 Å². The van der Waals surface area contributed by atoms with Gasteiger partial charge in [-0.15, -0.1) is 0 Å². The first-order valence-corrected chi connectivity index (χ1v) is 11.1. The van der Waals surface area contributed by atoms with Crippen LogP contribution in [0.2, 0.25) is 0 Å². The molecular weight excluding hydrogens is 420 g/mol. The minimum atomic E-state index is -1.11. The molecule has 2 saturated heterocycles. The maximum Gasteiger partial charge on any atom is 0.308 e. The lowest BCUT2D eigenvalue weighted by molar-refractivity contribution is -0.241. The molecule has 4 aliphatic rings. The normalized spacial score (nSPS) is 44.0. The highest BCUT2D eigenvalue weighted by atomic mass is 16.7. The number of hydrogen-bond acceptors (Lipinski definition) is 9. The van der Waals surface area contributed by atoms with Gasteiger partial charge in [0.05, 0.1) is 29.5 Å². The van der Waals surface area contributed by atoms with Gasteiger partial charge in [-0.05, 0) is 12.5 Å². The van der Waals surface area contributed by atoms with Crippen LogP contribution in [0.1, 0.15) is 48.0 Å². The van der Waals surface area contributed by atoms with Crippen LogP contribution in [-0.4, -0.2) is 72.3 Å². The zero-order valence-electron chi connectivity index (χ0n) is 19.4. The first-order chi connectivity index (χ1) is 14.9. The van der Waals surface area contributed by atoms with E-state index in [1.807, 2.05) is 19.9 Å². The van der Waals surface area contributed by atoms with Gasteiger partial charge in [0.1, 0.15) is 36.6 Å². The number of esters is 3. The Kier molecular flexibility index (Phi) is 5.46. The predicted octanol–water partition coefficient (Wildman–Crippen LogP) is 1.30. The molecule has 0 radical (unpaired) electrons. The van der Waals surface area contributed by atoms with E-state index in [-0.39, 0.29) is 24.9 Å². The molecule has 3 fully saturated rings. The van der Waals surface area contributed by atoms with Crippen molar-refractivity contribution in [2.45, 2.75) is 84.1 Å². The lowest BCUT2D eigenvalue weighted by Crippen LogP contribution is -2.68. The second kappa shape index (κ2) is 7.53. The monoisotopic (exact) mass is 452 g/mol. The molecule has 0 amide bonds. The predicted molar refractivity (Wildman–Crippen MR) is 109 cm³/mol. The van der Waals surface area contributed by atoms with Crippen molar-refractivity contribution in [1.29, 1.82) is 0 Å². The molecule has 178 valence electrons. The number of ether oxygens (including phenoxy) is 5. The zero-order chi connectivity index (χ0) is 23.6. The summed E-state index contributed by atoms with van der Waals surface area (Å²) < 4.78 is 29.3. The molecule has 1 spiro atoms. The van der Waals surface area contributed by atoms with E-state index in [0.717, 1.165) is 5.57 Å². The molecule has 2 aliphatic heterocycles. The standard InChI is InChI=1S/C23H32O9/c1-11(2)20(27)31-15-8-22(9-28-13(4)24)16(7-12(15)3)32-19-17(26)18(30-14(5)25)21(22,6)23(19)10-29-23/h7,11,15-19,26H,8-10H2,1-6H3/t15-,16+,17+,18+,19+,21+,22+,23?/m0/s1. The molecule has 8 atom stereocenters. The Morgan fingerprint density at radius 2 is 1.88 bits per heavy atom. The largest absolute Gasteiger partial charge is 0.465 e. The molecule has 9 heteroatoms. The molecule has 2 aliphatic carbocycles. The van der Waals surface area contributed by atoms with Crippen molar-refractivity contribution in [3.63, 3.8) is 0 Å². The lowest BCUT2D eigenvalue weighted by atomic mass is 9.51. The smallest absolute Gasteiger partial charge is 0.308 e. The Bertz CT molecular complexity index is 860. The van der Waals surface area contributed by atoms with Crippen LogP contribution in [0.5, 0.6) is 0 Å². The number of hydrogen-bond donors (Lipinski definition) is 1. The highest BCUT2D eigenvalue weighted by Gasteiger charge is 2.86. The molecule has 4 rings (SSSR count). The van der Waals surface area contributed by atoms with Gasteiger partial charge < -0.3 is 28.8 Å². The number of fused-ring (bicyclic) bond motifs is 2. The number of epoxide rings is 1. The maximum absolute atomic E-state index is 12.4. The quantitative estimate of drug-likeness (QED) is 0.285. The molecule has 2 heterocycles. The molecule has 0 aromatic rings. The third-order valence-electron chi connectivity index (χ3n) is 7.88. The van der Waals surface area contributed by atoms with E-state index in [4.69, 9.17) is 23.7 Å². The van der Waals surface area contributed by atoms with Gasteiger partial charge in [0.15, 0.2) is 0 Å². The van der Waals surface area contributed by atoms with Gasteiger partial charge in [0, 0.05) is 20.3 Å². The fourth-order valence-electron chi connectivity index (χ4n) is 6.00. The number of carbonyl (C=O) groups is 3. The minimum absolute atomic E-state index is 0.0642. The first kappa shape index (κ1) is 23.2. The fraction of sp³-hybridized carbons (Fsp3) is 0.783. The second-order valence-corrected chi connectivity index (χ2v) is 10.0. The summed E-state index contributed by atoms with van der Waals surface area (Å²) in [5.74, 6) is -1.67. The highest BCUT2D eigenvalue weighted by molar-refractivity contribution is 5.72. The van der Waals surface area contributed by atoms with Gasteiger partial charge in [-0.3, -0.25) is 14.4 Å². The molecule has 32 heavy (non-hydrogen) atoms. The van der Waals surface area contributed by atoms with Crippen molar-refractivity contribution in [3.05, 3.63) is 11.6 Å². The Hall–Kier alpha value is -1.97. The Morgan fingerprint density at radius 3 is 2.41 bits per heavy atom. The number of rotatable bonds is 5. The number of aliphatic hydroxyl groups is 1. The average molecular weight is 453 g/mol. The van der Waals surface area contributed by atoms with E-state index < -0.39 is 58.9 Å². The molecule has 1 saturated carbocycles. The SMILES string of the molecule is CC(=O)OC[C@]12C[C@H](OC(=O)C(C)C)C(C)=C[C@H]1O[C@@H]1[C@H](O)[C@@H](OC(C)=O)[C@@]2(C)C12CO2. The summed E-state index contributed by atoms with van der Waals surface area (Å²) in [6.45, 7) is 10.1. The molecule has 1 unspecified atom stereocenters. The van der Waals surface area contributed by atoms with Crippen molar-refractivity contribution in [3.8, 4) is 0 Å². The van der Waals surface area contributed by atoms with Crippen molar-refractivity contribution in [1.82, 2.24) is 0 Å². The van der Waals surface area contributed by atoms with Gasteiger partial charge in [-0.1, -0.05) is 26.8 Å². The zero-order valence-corrected chi connectivity index (χ0v) is 19.4. The van der Waals surface area contributed by atoms with Crippen LogP contribution in [0.25, 0.3) is 0 Å². The Balaban J connectivity index is 1.83. The van der Waals surface area contributed by atoms with Gasteiger partial charge in [0.2, 0.25) is 0 Å². The maximum atomic E-state index is 12.4.